The van der Waals surface area contributed by atoms with Crippen molar-refractivity contribution in [2.75, 3.05) is 18.1 Å². The number of aromatic nitrogens is 2. The molecule has 1 aromatic rings. The Morgan fingerprint density at radius 2 is 2.43 bits per heavy atom. The molecule has 1 atom stereocenters. The molecule has 0 aromatic carbocycles. The molecule has 0 aliphatic rings. The van der Waals surface area contributed by atoms with Crippen molar-refractivity contribution in [1.82, 2.24) is 15.1 Å². The van der Waals surface area contributed by atoms with E-state index in [2.05, 4.69) is 10.4 Å². The zero-order valence-electron chi connectivity index (χ0n) is 8.69. The largest absolute Gasteiger partial charge is 0.310 e. The molecule has 1 unspecified atom stereocenters. The van der Waals surface area contributed by atoms with Gasteiger partial charge in [0.2, 0.25) is 0 Å². The molecule has 14 heavy (non-hydrogen) atoms. The van der Waals surface area contributed by atoms with E-state index in [4.69, 9.17) is 0 Å². The van der Waals surface area contributed by atoms with Crippen LogP contribution in [0.2, 0.25) is 0 Å². The zero-order chi connectivity index (χ0) is 10.4. The summed E-state index contributed by atoms with van der Waals surface area (Å²) < 4.78 is 12.9. The van der Waals surface area contributed by atoms with Crippen LogP contribution in [0.1, 0.15) is 12.6 Å². The Morgan fingerprint density at radius 1 is 1.64 bits per heavy atom. The number of nitrogens with one attached hydrogen (secondary N) is 1. The van der Waals surface area contributed by atoms with Crippen molar-refractivity contribution in [2.24, 2.45) is 7.05 Å². The lowest BCUT2D eigenvalue weighted by Gasteiger charge is -2.01. The number of rotatable bonds is 6. The Labute approximate surface area is 87.2 Å². The predicted molar refractivity (Wildman–Crippen MR) is 58.5 cm³/mol. The van der Waals surface area contributed by atoms with Crippen molar-refractivity contribution in [3.05, 3.63) is 18.0 Å². The highest BCUT2D eigenvalue weighted by molar-refractivity contribution is 7.84. The lowest BCUT2D eigenvalue weighted by atomic mass is 10.4. The van der Waals surface area contributed by atoms with E-state index in [-0.39, 0.29) is 0 Å². The number of hydrogen-bond donors (Lipinski definition) is 1. The summed E-state index contributed by atoms with van der Waals surface area (Å²) in [6.07, 6.45) is 1.92. The molecule has 1 N–H and O–H groups in total. The van der Waals surface area contributed by atoms with Crippen molar-refractivity contribution >= 4 is 10.8 Å². The van der Waals surface area contributed by atoms with Crippen molar-refractivity contribution < 1.29 is 4.21 Å². The van der Waals surface area contributed by atoms with Gasteiger partial charge in [0, 0.05) is 48.6 Å². The molecule has 1 rings (SSSR count). The highest BCUT2D eigenvalue weighted by atomic mass is 32.2. The summed E-state index contributed by atoms with van der Waals surface area (Å²) in [6, 6.07) is 1.98. The lowest BCUT2D eigenvalue weighted by Crippen LogP contribution is -2.20. The summed E-state index contributed by atoms with van der Waals surface area (Å²) in [5, 5.41) is 7.44. The molecule has 0 spiro atoms. The van der Waals surface area contributed by atoms with E-state index in [1.807, 2.05) is 26.2 Å². The molecule has 80 valence electrons. The number of nitrogens with zero attached hydrogens (tertiary/aromatic N) is 2. The van der Waals surface area contributed by atoms with Gasteiger partial charge in [-0.3, -0.25) is 8.89 Å². The molecule has 0 fully saturated rings. The van der Waals surface area contributed by atoms with E-state index in [9.17, 15) is 4.21 Å². The highest BCUT2D eigenvalue weighted by Crippen LogP contribution is 1.92. The van der Waals surface area contributed by atoms with Crippen molar-refractivity contribution in [3.63, 3.8) is 0 Å². The average Bonchev–Trinajstić information content (AvgIpc) is 2.58. The van der Waals surface area contributed by atoms with Crippen LogP contribution >= 0.6 is 0 Å². The van der Waals surface area contributed by atoms with Crippen LogP contribution in [0.4, 0.5) is 0 Å². The standard InChI is InChI=1S/C9H17N3OS/c1-3-14(13)7-5-10-8-9-4-6-12(2)11-9/h4,6,10H,3,5,7-8H2,1-2H3. The zero-order valence-corrected chi connectivity index (χ0v) is 9.51. The fourth-order valence-electron chi connectivity index (χ4n) is 1.10. The van der Waals surface area contributed by atoms with Gasteiger partial charge in [-0.2, -0.15) is 5.10 Å². The summed E-state index contributed by atoms with van der Waals surface area (Å²) in [4.78, 5) is 0. The molecule has 5 heteroatoms. The van der Waals surface area contributed by atoms with E-state index in [0.717, 1.165) is 30.3 Å². The van der Waals surface area contributed by atoms with Crippen LogP contribution in [0.5, 0.6) is 0 Å². The summed E-state index contributed by atoms with van der Waals surface area (Å²) >= 11 is 0. The number of hydrogen-bond acceptors (Lipinski definition) is 3. The van der Waals surface area contributed by atoms with E-state index < -0.39 is 10.8 Å². The lowest BCUT2D eigenvalue weighted by molar-refractivity contribution is 0.662. The smallest absolute Gasteiger partial charge is 0.0762 e. The summed E-state index contributed by atoms with van der Waals surface area (Å²) in [6.45, 7) is 3.48. The minimum atomic E-state index is -0.668. The van der Waals surface area contributed by atoms with E-state index >= 15 is 0 Å². The van der Waals surface area contributed by atoms with E-state index in [1.165, 1.54) is 0 Å². The maximum absolute atomic E-state index is 11.1. The maximum Gasteiger partial charge on any atom is 0.0762 e. The second-order valence-electron chi connectivity index (χ2n) is 3.09. The van der Waals surface area contributed by atoms with Gasteiger partial charge in [-0.1, -0.05) is 6.92 Å². The average molecular weight is 215 g/mol. The van der Waals surface area contributed by atoms with Gasteiger partial charge in [-0.15, -0.1) is 0 Å². The summed E-state index contributed by atoms with van der Waals surface area (Å²) in [5.74, 6) is 1.47. The van der Waals surface area contributed by atoms with Gasteiger partial charge < -0.3 is 5.32 Å². The molecule has 0 bridgehead atoms. The molecule has 0 amide bonds. The van der Waals surface area contributed by atoms with E-state index in [1.54, 1.807) is 4.68 Å². The van der Waals surface area contributed by atoms with Gasteiger partial charge in [0.05, 0.1) is 5.69 Å². The molecule has 0 saturated heterocycles. The fraction of sp³-hybridized carbons (Fsp3) is 0.667. The quantitative estimate of drug-likeness (QED) is 0.693. The van der Waals surface area contributed by atoms with Gasteiger partial charge in [-0.25, -0.2) is 0 Å². The first-order valence-corrected chi connectivity index (χ1v) is 6.25. The second-order valence-corrected chi connectivity index (χ2v) is 4.96. The molecule has 0 radical (unpaired) electrons. The molecular formula is C9H17N3OS. The second kappa shape index (κ2) is 5.93. The summed E-state index contributed by atoms with van der Waals surface area (Å²) in [5.41, 5.74) is 1.02. The third kappa shape index (κ3) is 4.02. The third-order valence-electron chi connectivity index (χ3n) is 1.90. The fourth-order valence-corrected chi connectivity index (χ4v) is 1.76. The monoisotopic (exact) mass is 215 g/mol. The SMILES string of the molecule is CCS(=O)CCNCc1ccn(C)n1. The van der Waals surface area contributed by atoms with Crippen LogP contribution in [0, 0.1) is 0 Å². The molecule has 0 aliphatic carbocycles. The Balaban J connectivity index is 2.13. The molecule has 0 aliphatic heterocycles. The van der Waals surface area contributed by atoms with Gasteiger partial charge in [-0.05, 0) is 6.07 Å². The van der Waals surface area contributed by atoms with Crippen molar-refractivity contribution in [2.45, 2.75) is 13.5 Å². The highest BCUT2D eigenvalue weighted by Gasteiger charge is 1.97. The van der Waals surface area contributed by atoms with Crippen LogP contribution in [0.3, 0.4) is 0 Å². The Morgan fingerprint density at radius 3 is 3.00 bits per heavy atom. The van der Waals surface area contributed by atoms with Gasteiger partial charge in [0.1, 0.15) is 0 Å². The molecule has 0 saturated carbocycles. The Kier molecular flexibility index (Phi) is 4.82. The van der Waals surface area contributed by atoms with Crippen molar-refractivity contribution in [1.29, 1.82) is 0 Å². The third-order valence-corrected chi connectivity index (χ3v) is 3.21. The van der Waals surface area contributed by atoms with Crippen LogP contribution in [0.15, 0.2) is 12.3 Å². The summed E-state index contributed by atoms with van der Waals surface area (Å²) in [7, 11) is 1.23. The van der Waals surface area contributed by atoms with Crippen LogP contribution in [-0.2, 0) is 24.4 Å². The first-order chi connectivity index (χ1) is 6.72. The molecule has 4 nitrogen and oxygen atoms in total. The minimum absolute atomic E-state index is 0.668. The molecule has 1 heterocycles. The Bertz CT molecular complexity index is 298. The van der Waals surface area contributed by atoms with Gasteiger partial charge in [0.25, 0.3) is 0 Å². The molecular weight excluding hydrogens is 198 g/mol. The van der Waals surface area contributed by atoms with Crippen LogP contribution in [0.25, 0.3) is 0 Å². The van der Waals surface area contributed by atoms with Gasteiger partial charge in [0.15, 0.2) is 0 Å². The van der Waals surface area contributed by atoms with Crippen molar-refractivity contribution in [3.8, 4) is 0 Å². The van der Waals surface area contributed by atoms with E-state index in [0.29, 0.717) is 0 Å². The number of aryl methyl sites for hydroxylation is 1. The minimum Gasteiger partial charge on any atom is -0.310 e. The van der Waals surface area contributed by atoms with Crippen LogP contribution < -0.4 is 5.32 Å². The topological polar surface area (TPSA) is 46.9 Å². The Hall–Kier alpha value is -0.680. The van der Waals surface area contributed by atoms with Crippen LogP contribution in [-0.4, -0.2) is 32.0 Å². The maximum atomic E-state index is 11.1. The first-order valence-electron chi connectivity index (χ1n) is 4.76. The van der Waals surface area contributed by atoms with Gasteiger partial charge >= 0.3 is 0 Å². The first kappa shape index (κ1) is 11.4. The molecule has 1 aromatic heterocycles. The predicted octanol–water partition coefficient (Wildman–Crippen LogP) is 0.278. The normalized spacial score (nSPS) is 13.0.